The van der Waals surface area contributed by atoms with Crippen LogP contribution in [0.15, 0.2) is 29.3 Å². The molecule has 1 aromatic carbocycles. The summed E-state index contributed by atoms with van der Waals surface area (Å²) in [5, 5.41) is 2.88. The Morgan fingerprint density at radius 2 is 2.00 bits per heavy atom. The maximum Gasteiger partial charge on any atom is 0.251 e. The molecule has 1 aliphatic carbocycles. The van der Waals surface area contributed by atoms with Crippen LogP contribution >= 0.6 is 0 Å². The zero-order valence-electron chi connectivity index (χ0n) is 16.9. The molecule has 0 spiro atoms. The molecule has 150 valence electrons. The quantitative estimate of drug-likeness (QED) is 0.815. The van der Waals surface area contributed by atoms with E-state index >= 15 is 0 Å². The molecular weight excluding hydrogens is 357 g/mol. The summed E-state index contributed by atoms with van der Waals surface area (Å²) >= 11 is 0. The number of primary amides is 1. The Hall–Kier alpha value is -2.50. The van der Waals surface area contributed by atoms with E-state index in [0.29, 0.717) is 23.3 Å². The molecule has 1 aromatic rings. The fraction of sp³-hybridized carbons (Fsp3) is 0.500. The lowest BCUT2D eigenvalue weighted by atomic mass is 9.72. The molecule has 1 atom stereocenters. The summed E-state index contributed by atoms with van der Waals surface area (Å²) in [6, 6.07) is 3.12. The van der Waals surface area contributed by atoms with E-state index in [-0.39, 0.29) is 29.5 Å². The van der Waals surface area contributed by atoms with Crippen molar-refractivity contribution >= 4 is 17.5 Å². The summed E-state index contributed by atoms with van der Waals surface area (Å²) in [7, 11) is 0. The van der Waals surface area contributed by atoms with Crippen LogP contribution in [0.25, 0.3) is 0 Å². The van der Waals surface area contributed by atoms with E-state index in [2.05, 4.69) is 10.3 Å². The zero-order valence-corrected chi connectivity index (χ0v) is 16.9. The van der Waals surface area contributed by atoms with E-state index < -0.39 is 17.1 Å². The lowest BCUT2D eigenvalue weighted by molar-refractivity contribution is -0.126. The summed E-state index contributed by atoms with van der Waals surface area (Å²) in [6.45, 7) is 8.02. The van der Waals surface area contributed by atoms with Crippen LogP contribution in [0.4, 0.5) is 4.39 Å². The molecule has 2 aliphatic rings. The molecular formula is C22H28FN3O2. The summed E-state index contributed by atoms with van der Waals surface area (Å²) in [5.74, 6) is -1.14. The number of amides is 2. The first-order valence-electron chi connectivity index (χ1n) is 9.66. The van der Waals surface area contributed by atoms with E-state index in [1.807, 2.05) is 20.8 Å². The fourth-order valence-electron chi connectivity index (χ4n) is 3.63. The number of allylic oxidation sites excluding steroid dienone is 1. The largest absolute Gasteiger partial charge is 0.369 e. The summed E-state index contributed by atoms with van der Waals surface area (Å²) < 4.78 is 14.5. The zero-order chi connectivity index (χ0) is 20.7. The molecule has 3 N–H and O–H groups in total. The van der Waals surface area contributed by atoms with Gasteiger partial charge in [0.25, 0.3) is 5.91 Å². The molecule has 0 bridgehead atoms. The number of nitrogens with two attached hydrogens (primary N) is 1. The van der Waals surface area contributed by atoms with Crippen molar-refractivity contribution in [2.24, 2.45) is 21.6 Å². The number of carbonyl (C=O) groups is 2. The minimum absolute atomic E-state index is 0.102. The number of carbonyl (C=O) groups excluding carboxylic acids is 2. The van der Waals surface area contributed by atoms with Crippen molar-refractivity contribution in [2.75, 3.05) is 6.54 Å². The van der Waals surface area contributed by atoms with Crippen LogP contribution in [0, 0.1) is 23.6 Å². The average Bonchev–Trinajstić information content (AvgIpc) is 3.40. The number of halogens is 1. The first-order valence-corrected chi connectivity index (χ1v) is 9.66. The van der Waals surface area contributed by atoms with Crippen LogP contribution in [0.2, 0.25) is 0 Å². The van der Waals surface area contributed by atoms with E-state index in [4.69, 9.17) is 5.73 Å². The molecule has 1 unspecified atom stereocenters. The van der Waals surface area contributed by atoms with Crippen molar-refractivity contribution in [3.63, 3.8) is 0 Å². The highest BCUT2D eigenvalue weighted by atomic mass is 19.1. The van der Waals surface area contributed by atoms with Gasteiger partial charge in [-0.15, -0.1) is 0 Å². The second kappa shape index (κ2) is 7.15. The molecule has 1 heterocycles. The Morgan fingerprint density at radius 3 is 2.50 bits per heavy atom. The maximum absolute atomic E-state index is 14.5. The van der Waals surface area contributed by atoms with Crippen LogP contribution in [0.3, 0.4) is 0 Å². The van der Waals surface area contributed by atoms with Gasteiger partial charge in [0.1, 0.15) is 5.82 Å². The maximum atomic E-state index is 14.5. The highest BCUT2D eigenvalue weighted by Gasteiger charge is 2.39. The number of hydrogen-bond donors (Lipinski definition) is 2. The minimum atomic E-state index is -0.852. The third kappa shape index (κ3) is 4.32. The monoisotopic (exact) mass is 385 g/mol. The molecule has 0 radical (unpaired) electrons. The predicted octanol–water partition coefficient (Wildman–Crippen LogP) is 3.29. The third-order valence-electron chi connectivity index (χ3n) is 5.22. The summed E-state index contributed by atoms with van der Waals surface area (Å²) in [4.78, 5) is 29.1. The smallest absolute Gasteiger partial charge is 0.251 e. The second-order valence-corrected chi connectivity index (χ2v) is 9.17. The van der Waals surface area contributed by atoms with Gasteiger partial charge in [-0.05, 0) is 55.4 Å². The lowest BCUT2D eigenvalue weighted by Gasteiger charge is -2.34. The number of rotatable bonds is 5. The molecule has 0 saturated heterocycles. The first kappa shape index (κ1) is 20.2. The predicted molar refractivity (Wildman–Crippen MR) is 108 cm³/mol. The minimum Gasteiger partial charge on any atom is -0.369 e. The van der Waals surface area contributed by atoms with Gasteiger partial charge >= 0.3 is 0 Å². The number of nitrogens with one attached hydrogen (secondary N) is 1. The summed E-state index contributed by atoms with van der Waals surface area (Å²) in [6.07, 6.45) is 6.01. The van der Waals surface area contributed by atoms with E-state index in [1.165, 1.54) is 6.07 Å². The van der Waals surface area contributed by atoms with Crippen molar-refractivity contribution in [3.8, 4) is 0 Å². The third-order valence-corrected chi connectivity index (χ3v) is 5.22. The van der Waals surface area contributed by atoms with Gasteiger partial charge in [-0.2, -0.15) is 0 Å². The Labute approximate surface area is 165 Å². The second-order valence-electron chi connectivity index (χ2n) is 9.17. The van der Waals surface area contributed by atoms with Gasteiger partial charge in [-0.1, -0.05) is 26.8 Å². The van der Waals surface area contributed by atoms with Gasteiger partial charge in [-0.3, -0.25) is 14.6 Å². The molecule has 3 rings (SSSR count). The number of nitrogens with zero attached hydrogens (tertiary/aromatic N) is 1. The average molecular weight is 385 g/mol. The Balaban J connectivity index is 1.91. The van der Waals surface area contributed by atoms with Gasteiger partial charge in [0.15, 0.2) is 0 Å². The van der Waals surface area contributed by atoms with Crippen molar-refractivity contribution in [2.45, 2.75) is 53.0 Å². The van der Waals surface area contributed by atoms with Crippen LogP contribution < -0.4 is 11.1 Å². The highest BCUT2D eigenvalue weighted by molar-refractivity contribution is 6.12. The Kier molecular flexibility index (Phi) is 5.17. The van der Waals surface area contributed by atoms with Gasteiger partial charge in [0.05, 0.1) is 17.7 Å². The normalized spacial score (nSPS) is 22.0. The molecule has 5 nitrogen and oxygen atoms in total. The summed E-state index contributed by atoms with van der Waals surface area (Å²) in [5.41, 5.74) is 6.56. The van der Waals surface area contributed by atoms with Crippen LogP contribution in [0.1, 0.15) is 61.5 Å². The Morgan fingerprint density at radius 1 is 1.32 bits per heavy atom. The molecule has 1 saturated carbocycles. The first-order chi connectivity index (χ1) is 13.0. The van der Waals surface area contributed by atoms with Gasteiger partial charge in [0, 0.05) is 17.2 Å². The van der Waals surface area contributed by atoms with Crippen LogP contribution in [-0.2, 0) is 4.79 Å². The number of hydrogen-bond acceptors (Lipinski definition) is 3. The van der Waals surface area contributed by atoms with Gasteiger partial charge < -0.3 is 11.1 Å². The van der Waals surface area contributed by atoms with Crippen LogP contribution in [-0.4, -0.2) is 30.1 Å². The van der Waals surface area contributed by atoms with Crippen molar-refractivity contribution in [1.82, 2.24) is 5.32 Å². The molecule has 1 fully saturated rings. The number of benzene rings is 1. The van der Waals surface area contributed by atoms with Crippen molar-refractivity contribution < 1.29 is 14.0 Å². The molecule has 0 aromatic heterocycles. The molecule has 6 heteroatoms. The Bertz CT molecular complexity index is 879. The lowest BCUT2D eigenvalue weighted by Crippen LogP contribution is -2.42. The van der Waals surface area contributed by atoms with Crippen LogP contribution in [0.5, 0.6) is 0 Å². The number of aliphatic imine (C=N–C) groups is 1. The van der Waals surface area contributed by atoms with E-state index in [1.54, 1.807) is 25.1 Å². The van der Waals surface area contributed by atoms with Gasteiger partial charge in [0.2, 0.25) is 5.91 Å². The van der Waals surface area contributed by atoms with Crippen molar-refractivity contribution in [3.05, 3.63) is 46.8 Å². The molecule has 28 heavy (non-hydrogen) atoms. The topological polar surface area (TPSA) is 84.6 Å². The van der Waals surface area contributed by atoms with E-state index in [0.717, 1.165) is 12.8 Å². The van der Waals surface area contributed by atoms with Crippen molar-refractivity contribution in [1.29, 1.82) is 0 Å². The molecule has 2 amide bonds. The fourth-order valence-corrected chi connectivity index (χ4v) is 3.63. The number of dihydropyridines is 1. The standard InChI is InChI=1S/C22H28FN3O2/c1-13-16(9-14(10-17(13)23)19(27)26-15-5-6-15)18-7-8-22(12-25-18,20(24)28)11-21(2,3)4/h7-10,15H,5-6,11-12H2,1-4H3,(H2,24,28)(H,26,27). The highest BCUT2D eigenvalue weighted by Crippen LogP contribution is 2.37. The van der Waals surface area contributed by atoms with E-state index in [9.17, 15) is 14.0 Å². The molecule has 1 aliphatic heterocycles. The SMILES string of the molecule is Cc1c(F)cc(C(=O)NC2CC2)cc1C1=NCC(CC(C)(C)C)(C(N)=O)C=C1. The van der Waals surface area contributed by atoms with Gasteiger partial charge in [-0.25, -0.2) is 4.39 Å².